The summed E-state index contributed by atoms with van der Waals surface area (Å²) in [5.41, 5.74) is 0. The highest BCUT2D eigenvalue weighted by molar-refractivity contribution is 7.92. The Morgan fingerprint density at radius 2 is 2.12 bits per heavy atom. The molecule has 1 heterocycles. The minimum Gasteiger partial charge on any atom is -0.377 e. The normalized spacial score (nSPS) is 24.8. The van der Waals surface area contributed by atoms with E-state index < -0.39 is 9.84 Å². The highest BCUT2D eigenvalue weighted by atomic mass is 32.2. The van der Waals surface area contributed by atoms with Gasteiger partial charge in [0.25, 0.3) is 0 Å². The van der Waals surface area contributed by atoms with Crippen LogP contribution in [-0.4, -0.2) is 44.7 Å². The van der Waals surface area contributed by atoms with Gasteiger partial charge in [-0.05, 0) is 33.1 Å². The van der Waals surface area contributed by atoms with E-state index in [1.807, 2.05) is 0 Å². The predicted octanol–water partition coefficient (Wildman–Crippen LogP) is 1.36. The van der Waals surface area contributed by atoms with Crippen LogP contribution in [0.25, 0.3) is 0 Å². The van der Waals surface area contributed by atoms with Gasteiger partial charge in [0.05, 0.1) is 17.1 Å². The summed E-state index contributed by atoms with van der Waals surface area (Å²) in [7, 11) is -3.04. The number of rotatable bonds is 7. The summed E-state index contributed by atoms with van der Waals surface area (Å²) in [6.07, 6.45) is 2.80. The van der Waals surface area contributed by atoms with Crippen LogP contribution in [-0.2, 0) is 14.6 Å². The van der Waals surface area contributed by atoms with Crippen molar-refractivity contribution in [3.8, 4) is 0 Å². The number of hydrogen-bond donors (Lipinski definition) is 1. The first kappa shape index (κ1) is 14.9. The summed E-state index contributed by atoms with van der Waals surface area (Å²) >= 11 is 0. The van der Waals surface area contributed by atoms with Crippen molar-refractivity contribution < 1.29 is 13.2 Å². The van der Waals surface area contributed by atoms with Crippen LogP contribution < -0.4 is 5.32 Å². The standard InChI is InChI=1S/C12H25NO3S/c1-4-10(2)13-8-11(3)17(14,15)9-12-6-5-7-16-12/h10-13H,4-9H2,1-3H3. The molecule has 1 N–H and O–H groups in total. The Morgan fingerprint density at radius 1 is 1.41 bits per heavy atom. The molecule has 1 fully saturated rings. The van der Waals surface area contributed by atoms with Gasteiger partial charge in [-0.3, -0.25) is 0 Å². The van der Waals surface area contributed by atoms with Crippen molar-refractivity contribution >= 4 is 9.84 Å². The molecule has 0 aliphatic carbocycles. The Kier molecular flexibility index (Phi) is 5.89. The SMILES string of the molecule is CCC(C)NCC(C)S(=O)(=O)CC1CCCO1. The summed E-state index contributed by atoms with van der Waals surface area (Å²) in [6, 6.07) is 0.371. The van der Waals surface area contributed by atoms with Crippen molar-refractivity contribution in [3.63, 3.8) is 0 Å². The number of nitrogens with one attached hydrogen (secondary N) is 1. The molecule has 102 valence electrons. The topological polar surface area (TPSA) is 55.4 Å². The minimum atomic E-state index is -3.04. The van der Waals surface area contributed by atoms with Gasteiger partial charge in [-0.15, -0.1) is 0 Å². The van der Waals surface area contributed by atoms with Gasteiger partial charge < -0.3 is 10.1 Å². The molecule has 3 unspecified atom stereocenters. The number of hydrogen-bond acceptors (Lipinski definition) is 4. The third kappa shape index (κ3) is 4.94. The number of ether oxygens (including phenoxy) is 1. The molecular weight excluding hydrogens is 238 g/mol. The van der Waals surface area contributed by atoms with Crippen LogP contribution in [0, 0.1) is 0 Å². The van der Waals surface area contributed by atoms with Crippen LogP contribution in [0.15, 0.2) is 0 Å². The van der Waals surface area contributed by atoms with Crippen LogP contribution in [0.1, 0.15) is 40.0 Å². The van der Waals surface area contributed by atoms with E-state index >= 15 is 0 Å². The second kappa shape index (κ2) is 6.71. The zero-order valence-electron chi connectivity index (χ0n) is 11.1. The van der Waals surface area contributed by atoms with Crippen LogP contribution in [0.5, 0.6) is 0 Å². The summed E-state index contributed by atoms with van der Waals surface area (Å²) in [6.45, 7) is 7.17. The molecule has 1 aliphatic rings. The molecule has 5 heteroatoms. The van der Waals surface area contributed by atoms with E-state index in [1.54, 1.807) is 6.92 Å². The molecule has 0 aromatic carbocycles. The maximum absolute atomic E-state index is 12.1. The molecular formula is C12H25NO3S. The molecule has 0 radical (unpaired) electrons. The average molecular weight is 263 g/mol. The average Bonchev–Trinajstić information content (AvgIpc) is 2.77. The van der Waals surface area contributed by atoms with Crippen molar-refractivity contribution in [1.82, 2.24) is 5.32 Å². The molecule has 0 bridgehead atoms. The smallest absolute Gasteiger partial charge is 0.156 e. The van der Waals surface area contributed by atoms with Gasteiger partial charge in [-0.2, -0.15) is 0 Å². The van der Waals surface area contributed by atoms with Crippen LogP contribution in [0.2, 0.25) is 0 Å². The Morgan fingerprint density at radius 3 is 2.65 bits per heavy atom. The van der Waals surface area contributed by atoms with E-state index in [2.05, 4.69) is 19.2 Å². The summed E-state index contributed by atoms with van der Waals surface area (Å²) in [5, 5.41) is 2.91. The molecule has 3 atom stereocenters. The molecule has 1 saturated heterocycles. The predicted molar refractivity (Wildman–Crippen MR) is 70.0 cm³/mol. The largest absolute Gasteiger partial charge is 0.377 e. The molecule has 4 nitrogen and oxygen atoms in total. The highest BCUT2D eigenvalue weighted by Crippen LogP contribution is 2.16. The molecule has 0 amide bonds. The lowest BCUT2D eigenvalue weighted by molar-refractivity contribution is 0.127. The van der Waals surface area contributed by atoms with E-state index in [9.17, 15) is 8.42 Å². The minimum absolute atomic E-state index is 0.0777. The maximum Gasteiger partial charge on any atom is 0.156 e. The molecule has 0 spiro atoms. The van der Waals surface area contributed by atoms with E-state index in [4.69, 9.17) is 4.74 Å². The number of sulfone groups is 1. The quantitative estimate of drug-likeness (QED) is 0.753. The summed E-state index contributed by atoms with van der Waals surface area (Å²) in [5.74, 6) is 0.177. The zero-order chi connectivity index (χ0) is 12.9. The lowest BCUT2D eigenvalue weighted by Gasteiger charge is -2.18. The van der Waals surface area contributed by atoms with Crippen LogP contribution >= 0.6 is 0 Å². The van der Waals surface area contributed by atoms with Crippen LogP contribution in [0.3, 0.4) is 0 Å². The summed E-state index contributed by atoms with van der Waals surface area (Å²) < 4.78 is 29.5. The van der Waals surface area contributed by atoms with Crippen LogP contribution in [0.4, 0.5) is 0 Å². The second-order valence-corrected chi connectivity index (χ2v) is 7.46. The fraction of sp³-hybridized carbons (Fsp3) is 1.00. The van der Waals surface area contributed by atoms with Gasteiger partial charge in [0.15, 0.2) is 9.84 Å². The second-order valence-electron chi connectivity index (χ2n) is 4.99. The summed E-state index contributed by atoms with van der Waals surface area (Å²) in [4.78, 5) is 0. The van der Waals surface area contributed by atoms with E-state index in [1.165, 1.54) is 0 Å². The van der Waals surface area contributed by atoms with E-state index in [0.717, 1.165) is 19.3 Å². The fourth-order valence-electron chi connectivity index (χ4n) is 1.84. The highest BCUT2D eigenvalue weighted by Gasteiger charge is 2.27. The van der Waals surface area contributed by atoms with Crippen molar-refractivity contribution in [2.45, 2.75) is 57.4 Å². The molecule has 0 saturated carbocycles. The Labute approximate surface area is 105 Å². The molecule has 0 aromatic heterocycles. The lowest BCUT2D eigenvalue weighted by Crippen LogP contribution is -2.38. The molecule has 1 aliphatic heterocycles. The van der Waals surface area contributed by atoms with Crippen molar-refractivity contribution in [2.24, 2.45) is 0 Å². The third-order valence-corrected chi connectivity index (χ3v) is 5.65. The van der Waals surface area contributed by atoms with Crippen molar-refractivity contribution in [1.29, 1.82) is 0 Å². The third-order valence-electron chi connectivity index (χ3n) is 3.42. The first-order valence-electron chi connectivity index (χ1n) is 6.52. The monoisotopic (exact) mass is 263 g/mol. The van der Waals surface area contributed by atoms with Crippen molar-refractivity contribution in [2.75, 3.05) is 18.9 Å². The Hall–Kier alpha value is -0.130. The van der Waals surface area contributed by atoms with Gasteiger partial charge >= 0.3 is 0 Å². The maximum atomic E-state index is 12.1. The first-order chi connectivity index (χ1) is 7.95. The Balaban J connectivity index is 2.39. The first-order valence-corrected chi connectivity index (χ1v) is 8.23. The fourth-order valence-corrected chi connectivity index (χ4v) is 3.30. The van der Waals surface area contributed by atoms with Gasteiger partial charge in [0.1, 0.15) is 0 Å². The molecule has 17 heavy (non-hydrogen) atoms. The Bertz CT molecular complexity index is 310. The van der Waals surface area contributed by atoms with E-state index in [-0.39, 0.29) is 17.1 Å². The van der Waals surface area contributed by atoms with Gasteiger partial charge in [-0.1, -0.05) is 6.92 Å². The molecule has 0 aromatic rings. The zero-order valence-corrected chi connectivity index (χ0v) is 11.9. The molecule has 1 rings (SSSR count). The van der Waals surface area contributed by atoms with Gasteiger partial charge in [0.2, 0.25) is 0 Å². The van der Waals surface area contributed by atoms with E-state index in [0.29, 0.717) is 19.2 Å². The lowest BCUT2D eigenvalue weighted by atomic mass is 10.2. The van der Waals surface area contributed by atoms with Gasteiger partial charge in [0, 0.05) is 19.2 Å². The van der Waals surface area contributed by atoms with Gasteiger partial charge in [-0.25, -0.2) is 8.42 Å². The van der Waals surface area contributed by atoms with Crippen molar-refractivity contribution in [3.05, 3.63) is 0 Å².